The van der Waals surface area contributed by atoms with Gasteiger partial charge in [0.25, 0.3) is 5.91 Å². The van der Waals surface area contributed by atoms with Gasteiger partial charge in [-0.1, -0.05) is 29.8 Å². The molecule has 1 heterocycles. The summed E-state index contributed by atoms with van der Waals surface area (Å²) < 4.78 is 26.5. The van der Waals surface area contributed by atoms with Gasteiger partial charge >= 0.3 is 6.03 Å². The Bertz CT molecular complexity index is 1030. The molecule has 1 aliphatic rings. The average Bonchev–Trinajstić information content (AvgIpc) is 2.85. The second kappa shape index (κ2) is 7.68. The molecule has 9 heteroatoms. The first-order valence-corrected chi connectivity index (χ1v) is 9.48. The Morgan fingerprint density at radius 3 is 2.33 bits per heavy atom. The Labute approximate surface area is 177 Å². The zero-order valence-corrected chi connectivity index (χ0v) is 17.3. The van der Waals surface area contributed by atoms with Crippen LogP contribution in [-0.2, 0) is 20.7 Å². The Hall–Kier alpha value is -3.00. The lowest BCUT2D eigenvalue weighted by atomic mass is 9.92. The molecular formula is C21H20ClF2N3O3. The standard InChI is InChI=1S/C21H20ClF2N3O3/c1-20(2,15-9-8-14(24)10-16(15)22)25-17(28)11-27-18(29)21(3,26-19(27)30)12-4-6-13(23)7-5-12/h4-10H,11H2,1-3H3,(H,25,28)(H,26,30). The summed E-state index contributed by atoms with van der Waals surface area (Å²) in [6, 6.07) is 8.25. The Balaban J connectivity index is 1.75. The van der Waals surface area contributed by atoms with Crippen LogP contribution in [0.25, 0.3) is 0 Å². The molecule has 1 aliphatic heterocycles. The van der Waals surface area contributed by atoms with Crippen LogP contribution in [0, 0.1) is 11.6 Å². The van der Waals surface area contributed by atoms with E-state index in [4.69, 9.17) is 11.6 Å². The molecule has 1 unspecified atom stereocenters. The van der Waals surface area contributed by atoms with Crippen LogP contribution in [0.15, 0.2) is 42.5 Å². The molecule has 6 nitrogen and oxygen atoms in total. The van der Waals surface area contributed by atoms with E-state index >= 15 is 0 Å². The fourth-order valence-corrected chi connectivity index (χ4v) is 3.82. The summed E-state index contributed by atoms with van der Waals surface area (Å²) in [5.41, 5.74) is -1.53. The number of hydrogen-bond donors (Lipinski definition) is 2. The molecule has 1 fully saturated rings. The van der Waals surface area contributed by atoms with Gasteiger partial charge in [0.05, 0.1) is 5.54 Å². The highest BCUT2D eigenvalue weighted by molar-refractivity contribution is 6.31. The number of imide groups is 1. The number of urea groups is 1. The van der Waals surface area contributed by atoms with Crippen LogP contribution < -0.4 is 10.6 Å². The van der Waals surface area contributed by atoms with Crippen molar-refractivity contribution in [2.75, 3.05) is 6.54 Å². The van der Waals surface area contributed by atoms with E-state index in [0.29, 0.717) is 11.1 Å². The SMILES string of the molecule is CC(C)(NC(=O)CN1C(=O)NC(C)(c2ccc(F)cc2)C1=O)c1ccc(F)cc1Cl. The molecule has 0 radical (unpaired) electrons. The first-order valence-electron chi connectivity index (χ1n) is 9.11. The van der Waals surface area contributed by atoms with Gasteiger partial charge in [0.2, 0.25) is 5.91 Å². The van der Waals surface area contributed by atoms with Crippen LogP contribution in [0.4, 0.5) is 13.6 Å². The van der Waals surface area contributed by atoms with Crippen molar-refractivity contribution >= 4 is 29.4 Å². The number of carbonyl (C=O) groups is 3. The van der Waals surface area contributed by atoms with Crippen molar-refractivity contribution in [3.05, 3.63) is 70.2 Å². The topological polar surface area (TPSA) is 78.5 Å². The lowest BCUT2D eigenvalue weighted by Crippen LogP contribution is -2.48. The number of halogens is 3. The third-order valence-electron chi connectivity index (χ3n) is 5.05. The molecule has 0 aliphatic carbocycles. The Morgan fingerprint density at radius 2 is 1.73 bits per heavy atom. The number of hydrogen-bond acceptors (Lipinski definition) is 3. The molecule has 0 spiro atoms. The van der Waals surface area contributed by atoms with Crippen molar-refractivity contribution in [3.63, 3.8) is 0 Å². The van der Waals surface area contributed by atoms with Crippen molar-refractivity contribution in [1.82, 2.24) is 15.5 Å². The predicted octanol–water partition coefficient (Wildman–Crippen LogP) is 3.44. The van der Waals surface area contributed by atoms with E-state index in [2.05, 4.69) is 10.6 Å². The summed E-state index contributed by atoms with van der Waals surface area (Å²) in [6.07, 6.45) is 0. The van der Waals surface area contributed by atoms with Gasteiger partial charge in [0, 0.05) is 5.02 Å². The van der Waals surface area contributed by atoms with Crippen LogP contribution in [0.5, 0.6) is 0 Å². The summed E-state index contributed by atoms with van der Waals surface area (Å²) >= 11 is 6.08. The van der Waals surface area contributed by atoms with E-state index in [-0.39, 0.29) is 5.02 Å². The molecular weight excluding hydrogens is 416 g/mol. The lowest BCUT2D eigenvalue weighted by Gasteiger charge is -2.29. The fraction of sp³-hybridized carbons (Fsp3) is 0.286. The Kier molecular flexibility index (Phi) is 5.56. The van der Waals surface area contributed by atoms with Crippen molar-refractivity contribution in [3.8, 4) is 0 Å². The van der Waals surface area contributed by atoms with Crippen LogP contribution in [0.1, 0.15) is 31.9 Å². The average molecular weight is 436 g/mol. The predicted molar refractivity (Wildman–Crippen MR) is 107 cm³/mol. The number of nitrogens with zero attached hydrogens (tertiary/aromatic N) is 1. The number of benzene rings is 2. The maximum atomic E-state index is 13.3. The number of nitrogens with one attached hydrogen (secondary N) is 2. The van der Waals surface area contributed by atoms with E-state index < -0.39 is 47.1 Å². The first-order chi connectivity index (χ1) is 13.9. The summed E-state index contributed by atoms with van der Waals surface area (Å²) in [5.74, 6) is -2.22. The fourth-order valence-electron chi connectivity index (χ4n) is 3.41. The highest BCUT2D eigenvalue weighted by atomic mass is 35.5. The lowest BCUT2D eigenvalue weighted by molar-refractivity contribution is -0.135. The minimum absolute atomic E-state index is 0.138. The molecule has 0 bridgehead atoms. The van der Waals surface area contributed by atoms with Crippen LogP contribution in [0.2, 0.25) is 5.02 Å². The van der Waals surface area contributed by atoms with E-state index in [1.807, 2.05) is 0 Å². The summed E-state index contributed by atoms with van der Waals surface area (Å²) in [6.45, 7) is 4.29. The molecule has 30 heavy (non-hydrogen) atoms. The number of rotatable bonds is 5. The quantitative estimate of drug-likeness (QED) is 0.706. The van der Waals surface area contributed by atoms with Gasteiger partial charge in [0.15, 0.2) is 0 Å². The van der Waals surface area contributed by atoms with E-state index in [0.717, 1.165) is 11.0 Å². The molecule has 1 saturated heterocycles. The highest BCUT2D eigenvalue weighted by Gasteiger charge is 2.49. The van der Waals surface area contributed by atoms with Crippen LogP contribution >= 0.6 is 11.6 Å². The van der Waals surface area contributed by atoms with Crippen molar-refractivity contribution in [1.29, 1.82) is 0 Å². The Morgan fingerprint density at radius 1 is 1.13 bits per heavy atom. The van der Waals surface area contributed by atoms with Crippen molar-refractivity contribution < 1.29 is 23.2 Å². The number of amides is 4. The second-order valence-corrected chi connectivity index (χ2v) is 8.16. The zero-order valence-electron chi connectivity index (χ0n) is 16.6. The largest absolute Gasteiger partial charge is 0.346 e. The highest BCUT2D eigenvalue weighted by Crippen LogP contribution is 2.30. The normalized spacial score (nSPS) is 19.1. The van der Waals surface area contributed by atoms with Gasteiger partial charge in [-0.05, 0) is 56.2 Å². The maximum absolute atomic E-state index is 13.3. The third kappa shape index (κ3) is 4.00. The summed E-state index contributed by atoms with van der Waals surface area (Å²) in [7, 11) is 0. The van der Waals surface area contributed by atoms with Crippen LogP contribution in [0.3, 0.4) is 0 Å². The maximum Gasteiger partial charge on any atom is 0.325 e. The smallest absolute Gasteiger partial charge is 0.325 e. The van der Waals surface area contributed by atoms with Gasteiger partial charge in [-0.15, -0.1) is 0 Å². The zero-order chi connectivity index (χ0) is 22.3. The molecule has 1 atom stereocenters. The molecule has 0 aromatic heterocycles. The molecule has 2 N–H and O–H groups in total. The first kappa shape index (κ1) is 21.7. The molecule has 4 amide bonds. The third-order valence-corrected chi connectivity index (χ3v) is 5.37. The molecule has 158 valence electrons. The minimum atomic E-state index is -1.42. The summed E-state index contributed by atoms with van der Waals surface area (Å²) in [5, 5.41) is 5.40. The second-order valence-electron chi connectivity index (χ2n) is 7.75. The van der Waals surface area contributed by atoms with Gasteiger partial charge < -0.3 is 10.6 Å². The van der Waals surface area contributed by atoms with E-state index in [1.165, 1.54) is 43.3 Å². The van der Waals surface area contributed by atoms with E-state index in [9.17, 15) is 23.2 Å². The van der Waals surface area contributed by atoms with Crippen LogP contribution in [-0.4, -0.2) is 29.3 Å². The minimum Gasteiger partial charge on any atom is -0.346 e. The molecule has 3 rings (SSSR count). The molecule has 2 aromatic rings. The van der Waals surface area contributed by atoms with Gasteiger partial charge in [0.1, 0.15) is 23.7 Å². The van der Waals surface area contributed by atoms with Crippen molar-refractivity contribution in [2.24, 2.45) is 0 Å². The van der Waals surface area contributed by atoms with Crippen molar-refractivity contribution in [2.45, 2.75) is 31.8 Å². The monoisotopic (exact) mass is 435 g/mol. The van der Waals surface area contributed by atoms with Gasteiger partial charge in [-0.25, -0.2) is 13.6 Å². The summed E-state index contributed by atoms with van der Waals surface area (Å²) in [4.78, 5) is 38.7. The van der Waals surface area contributed by atoms with Gasteiger partial charge in [-0.3, -0.25) is 14.5 Å². The molecule has 0 saturated carbocycles. The molecule has 2 aromatic carbocycles. The van der Waals surface area contributed by atoms with E-state index in [1.54, 1.807) is 13.8 Å². The van der Waals surface area contributed by atoms with Gasteiger partial charge in [-0.2, -0.15) is 0 Å². The number of carbonyl (C=O) groups excluding carboxylic acids is 3.